The highest BCUT2D eigenvalue weighted by molar-refractivity contribution is 5.85. The summed E-state index contributed by atoms with van der Waals surface area (Å²) in [5.74, 6) is -0.797. The van der Waals surface area contributed by atoms with Crippen LogP contribution in [0.4, 0.5) is 0 Å². The Morgan fingerprint density at radius 2 is 1.72 bits per heavy atom. The molecule has 148 valence electrons. The van der Waals surface area contributed by atoms with Gasteiger partial charge in [0.15, 0.2) is 5.54 Å². The number of methoxy groups -OCH3 is 1. The average molecular weight is 392 g/mol. The number of nitrogens with zero attached hydrogens (tertiary/aromatic N) is 1. The summed E-state index contributed by atoms with van der Waals surface area (Å²) in [5.41, 5.74) is 8.85. The summed E-state index contributed by atoms with van der Waals surface area (Å²) in [6, 6.07) is 16.0. The fourth-order valence-electron chi connectivity index (χ4n) is 3.96. The molecule has 0 heterocycles. The molecule has 0 radical (unpaired) electrons. The molecule has 2 atom stereocenters. The maximum atomic E-state index is 12.9. The number of hydrogen-bond acceptors (Lipinski definition) is 6. The highest BCUT2D eigenvalue weighted by atomic mass is 16.6. The van der Waals surface area contributed by atoms with Gasteiger partial charge in [-0.25, -0.2) is 4.79 Å². The summed E-state index contributed by atoms with van der Waals surface area (Å²) in [7, 11) is 1.34. The minimum atomic E-state index is -1.63. The molecule has 2 aliphatic rings. The third-order valence-corrected chi connectivity index (χ3v) is 5.48. The molecule has 0 saturated heterocycles. The van der Waals surface area contributed by atoms with E-state index in [2.05, 4.69) is 12.1 Å². The molecule has 4 rings (SSSR count). The maximum Gasteiger partial charge on any atom is 0.333 e. The van der Waals surface area contributed by atoms with Gasteiger partial charge in [0.25, 0.3) is 5.70 Å². The van der Waals surface area contributed by atoms with Crippen molar-refractivity contribution >= 4 is 5.97 Å². The number of nitrogens with two attached hydrogens (primary N) is 1. The highest BCUT2D eigenvalue weighted by Gasteiger charge is 2.45. The van der Waals surface area contributed by atoms with Crippen molar-refractivity contribution in [3.8, 4) is 11.1 Å². The Bertz CT molecular complexity index is 1000. The van der Waals surface area contributed by atoms with Gasteiger partial charge in [0.1, 0.15) is 12.7 Å². The van der Waals surface area contributed by atoms with E-state index in [0.29, 0.717) is 0 Å². The first-order valence-electron chi connectivity index (χ1n) is 9.18. The number of carbonyl (C=O) groups excluding carboxylic acids is 1. The molecule has 2 aromatic carbocycles. The van der Waals surface area contributed by atoms with Crippen molar-refractivity contribution in [1.82, 2.24) is 0 Å². The number of benzene rings is 2. The predicted octanol–water partition coefficient (Wildman–Crippen LogP) is 2.79. The molecule has 0 aromatic heterocycles. The lowest BCUT2D eigenvalue weighted by molar-refractivity contribution is -0.420. The molecule has 0 bridgehead atoms. The minimum absolute atomic E-state index is 0.103. The van der Waals surface area contributed by atoms with Crippen LogP contribution in [0.5, 0.6) is 0 Å². The van der Waals surface area contributed by atoms with Crippen LogP contribution in [0, 0.1) is 10.1 Å². The topological polar surface area (TPSA) is 105 Å². The SMILES string of the molecule is COC1C=C([N+](=O)[O-])C=CC1(N)C(=O)OCC1c2ccccc2-c2ccccc21. The van der Waals surface area contributed by atoms with Gasteiger partial charge in [0, 0.05) is 25.2 Å². The summed E-state index contributed by atoms with van der Waals surface area (Å²) in [6.45, 7) is 0.113. The van der Waals surface area contributed by atoms with Gasteiger partial charge in [-0.15, -0.1) is 0 Å². The molecule has 0 fully saturated rings. The predicted molar refractivity (Wildman–Crippen MR) is 107 cm³/mol. The van der Waals surface area contributed by atoms with Crippen molar-refractivity contribution in [2.24, 2.45) is 5.73 Å². The van der Waals surface area contributed by atoms with E-state index in [0.717, 1.165) is 22.3 Å². The Morgan fingerprint density at radius 3 is 2.28 bits per heavy atom. The third-order valence-electron chi connectivity index (χ3n) is 5.48. The van der Waals surface area contributed by atoms with Crippen molar-refractivity contribution in [2.75, 3.05) is 13.7 Å². The van der Waals surface area contributed by atoms with Crippen molar-refractivity contribution in [3.63, 3.8) is 0 Å². The lowest BCUT2D eigenvalue weighted by Gasteiger charge is -2.31. The number of nitro groups is 1. The van der Waals surface area contributed by atoms with Crippen molar-refractivity contribution < 1.29 is 19.2 Å². The summed E-state index contributed by atoms with van der Waals surface area (Å²) in [5, 5.41) is 11.0. The van der Waals surface area contributed by atoms with E-state index in [4.69, 9.17) is 15.2 Å². The first kappa shape index (κ1) is 19.0. The molecule has 2 unspecified atom stereocenters. The number of esters is 1. The second-order valence-electron chi connectivity index (χ2n) is 7.10. The van der Waals surface area contributed by atoms with E-state index in [1.54, 1.807) is 0 Å². The van der Waals surface area contributed by atoms with E-state index in [1.165, 1.54) is 25.3 Å². The van der Waals surface area contributed by atoms with Crippen LogP contribution in [-0.4, -0.2) is 36.3 Å². The van der Waals surface area contributed by atoms with E-state index >= 15 is 0 Å². The molecule has 0 amide bonds. The largest absolute Gasteiger partial charge is 0.463 e. The van der Waals surface area contributed by atoms with Crippen LogP contribution in [-0.2, 0) is 14.3 Å². The van der Waals surface area contributed by atoms with Gasteiger partial charge in [-0.1, -0.05) is 48.5 Å². The zero-order valence-corrected chi connectivity index (χ0v) is 15.8. The van der Waals surface area contributed by atoms with Crippen LogP contribution in [0.2, 0.25) is 0 Å². The lowest BCUT2D eigenvalue weighted by atomic mass is 9.88. The second kappa shape index (κ2) is 7.27. The Hall–Kier alpha value is -3.29. The van der Waals surface area contributed by atoms with Crippen LogP contribution in [0.3, 0.4) is 0 Å². The maximum absolute atomic E-state index is 12.9. The molecular weight excluding hydrogens is 372 g/mol. The standard InChI is InChI=1S/C22H20N2O5/c1-28-20-12-14(24(26)27)10-11-22(20,23)21(25)29-13-19-17-8-4-2-6-15(17)16-7-3-5-9-18(16)19/h2-12,19-20H,13,23H2,1H3. The van der Waals surface area contributed by atoms with E-state index in [1.807, 2.05) is 36.4 Å². The quantitative estimate of drug-likeness (QED) is 0.477. The van der Waals surface area contributed by atoms with Crippen LogP contribution < -0.4 is 5.73 Å². The van der Waals surface area contributed by atoms with Gasteiger partial charge in [0.2, 0.25) is 0 Å². The van der Waals surface area contributed by atoms with Gasteiger partial charge in [-0.05, 0) is 28.3 Å². The molecule has 2 N–H and O–H groups in total. The molecule has 0 aliphatic heterocycles. The first-order valence-corrected chi connectivity index (χ1v) is 9.18. The lowest BCUT2D eigenvalue weighted by Crippen LogP contribution is -2.57. The number of hydrogen-bond donors (Lipinski definition) is 1. The molecule has 7 heteroatoms. The van der Waals surface area contributed by atoms with Crippen LogP contribution in [0.15, 0.2) is 72.5 Å². The number of fused-ring (bicyclic) bond motifs is 3. The summed E-state index contributed by atoms with van der Waals surface area (Å²) in [4.78, 5) is 23.3. The number of ether oxygens (including phenoxy) is 2. The monoisotopic (exact) mass is 392 g/mol. The van der Waals surface area contributed by atoms with Crippen molar-refractivity contribution in [2.45, 2.75) is 17.6 Å². The Labute approximate surface area is 167 Å². The van der Waals surface area contributed by atoms with E-state index < -0.39 is 22.5 Å². The number of rotatable bonds is 5. The first-order chi connectivity index (χ1) is 14.0. The number of carbonyl (C=O) groups is 1. The van der Waals surface area contributed by atoms with E-state index in [9.17, 15) is 14.9 Å². The Morgan fingerprint density at radius 1 is 1.14 bits per heavy atom. The minimum Gasteiger partial charge on any atom is -0.463 e. The molecule has 0 saturated carbocycles. The zero-order chi connectivity index (χ0) is 20.6. The summed E-state index contributed by atoms with van der Waals surface area (Å²) >= 11 is 0. The average Bonchev–Trinajstić information content (AvgIpc) is 3.06. The smallest absolute Gasteiger partial charge is 0.333 e. The second-order valence-corrected chi connectivity index (χ2v) is 7.10. The normalized spacial score (nSPS) is 22.6. The Balaban J connectivity index is 1.56. The van der Waals surface area contributed by atoms with E-state index in [-0.39, 0.29) is 18.2 Å². The fraction of sp³-hybridized carbons (Fsp3) is 0.227. The molecule has 29 heavy (non-hydrogen) atoms. The fourth-order valence-corrected chi connectivity index (χ4v) is 3.96. The van der Waals surface area contributed by atoms with Crippen molar-refractivity contribution in [3.05, 3.63) is 93.7 Å². The van der Waals surface area contributed by atoms with Gasteiger partial charge >= 0.3 is 5.97 Å². The highest BCUT2D eigenvalue weighted by Crippen LogP contribution is 2.44. The Kier molecular flexibility index (Phi) is 4.77. The molecule has 2 aliphatic carbocycles. The van der Waals surface area contributed by atoms with Gasteiger partial charge < -0.3 is 15.2 Å². The van der Waals surface area contributed by atoms with Crippen LogP contribution in [0.25, 0.3) is 11.1 Å². The molecule has 2 aromatic rings. The van der Waals surface area contributed by atoms with Gasteiger partial charge in [-0.3, -0.25) is 10.1 Å². The molecule has 0 spiro atoms. The summed E-state index contributed by atoms with van der Waals surface area (Å²) < 4.78 is 10.9. The number of allylic oxidation sites excluding steroid dienone is 1. The van der Waals surface area contributed by atoms with Crippen LogP contribution in [0.1, 0.15) is 17.0 Å². The van der Waals surface area contributed by atoms with Crippen molar-refractivity contribution in [1.29, 1.82) is 0 Å². The van der Waals surface area contributed by atoms with Crippen LogP contribution >= 0.6 is 0 Å². The molecular formula is C22H20N2O5. The molecule has 7 nitrogen and oxygen atoms in total. The van der Waals surface area contributed by atoms with Gasteiger partial charge in [0.05, 0.1) is 4.92 Å². The summed E-state index contributed by atoms with van der Waals surface area (Å²) in [6.07, 6.45) is 2.71. The third kappa shape index (κ3) is 3.14. The van der Waals surface area contributed by atoms with Gasteiger partial charge in [-0.2, -0.15) is 0 Å². The zero-order valence-electron chi connectivity index (χ0n) is 15.8.